The van der Waals surface area contributed by atoms with Crippen LogP contribution in [0.4, 0.5) is 0 Å². The summed E-state index contributed by atoms with van der Waals surface area (Å²) in [6.07, 6.45) is 0.836. The van der Waals surface area contributed by atoms with E-state index in [4.69, 9.17) is 0 Å². The fourth-order valence-electron chi connectivity index (χ4n) is 1.94. The van der Waals surface area contributed by atoms with Crippen molar-refractivity contribution in [2.75, 3.05) is 20.7 Å². The van der Waals surface area contributed by atoms with Gasteiger partial charge in [0.15, 0.2) is 0 Å². The predicted molar refractivity (Wildman–Crippen MR) is 82.1 cm³/mol. The van der Waals surface area contributed by atoms with Gasteiger partial charge in [0, 0.05) is 25.6 Å². The molecule has 0 bridgehead atoms. The maximum Gasteiger partial charge on any atom is 0.305 e. The van der Waals surface area contributed by atoms with E-state index in [0.717, 1.165) is 5.56 Å². The van der Waals surface area contributed by atoms with Crippen LogP contribution in [0.5, 0.6) is 0 Å². The highest BCUT2D eigenvalue weighted by molar-refractivity contribution is 5.75. The number of esters is 1. The van der Waals surface area contributed by atoms with Crippen molar-refractivity contribution in [2.24, 2.45) is 0 Å². The zero-order valence-electron chi connectivity index (χ0n) is 13.2. The number of hydrogen-bond donors (Lipinski definition) is 0. The van der Waals surface area contributed by atoms with E-state index in [1.807, 2.05) is 30.3 Å². The Labute approximate surface area is 134 Å². The summed E-state index contributed by atoms with van der Waals surface area (Å²) in [5, 5.41) is 12.0. The molecule has 0 aliphatic heterocycles. The minimum atomic E-state index is -0.281. The van der Waals surface area contributed by atoms with Crippen LogP contribution in [0.25, 0.3) is 11.4 Å². The number of hydrogen-bond acceptors (Lipinski definition) is 6. The van der Waals surface area contributed by atoms with Gasteiger partial charge in [0.25, 0.3) is 0 Å². The number of ether oxygens (including phenoxy) is 1. The Morgan fingerprint density at radius 2 is 2.00 bits per heavy atom. The number of rotatable bonds is 7. The lowest BCUT2D eigenvalue weighted by Crippen LogP contribution is -2.32. The number of benzene rings is 1. The summed E-state index contributed by atoms with van der Waals surface area (Å²) in [6.45, 7) is 0.475. The van der Waals surface area contributed by atoms with Crippen molar-refractivity contribution < 1.29 is 14.3 Å². The van der Waals surface area contributed by atoms with Crippen molar-refractivity contribution in [1.82, 2.24) is 25.1 Å². The van der Waals surface area contributed by atoms with E-state index in [0.29, 0.717) is 18.8 Å². The number of amides is 1. The molecule has 0 fully saturated rings. The Morgan fingerprint density at radius 1 is 1.26 bits per heavy atom. The van der Waals surface area contributed by atoms with Gasteiger partial charge in [-0.1, -0.05) is 30.3 Å². The highest BCUT2D eigenvalue weighted by atomic mass is 16.5. The van der Waals surface area contributed by atoms with E-state index in [1.165, 1.54) is 16.8 Å². The van der Waals surface area contributed by atoms with Crippen LogP contribution in [-0.4, -0.2) is 57.7 Å². The molecule has 0 spiro atoms. The van der Waals surface area contributed by atoms with Gasteiger partial charge in [-0.15, -0.1) is 10.2 Å². The Hall–Kier alpha value is -2.77. The molecule has 8 nitrogen and oxygen atoms in total. The van der Waals surface area contributed by atoms with E-state index in [2.05, 4.69) is 20.1 Å². The van der Waals surface area contributed by atoms with Crippen molar-refractivity contribution >= 4 is 11.9 Å². The first-order chi connectivity index (χ1) is 11.1. The maximum atomic E-state index is 12.1. The molecule has 2 rings (SSSR count). The van der Waals surface area contributed by atoms with Crippen molar-refractivity contribution in [2.45, 2.75) is 19.4 Å². The van der Waals surface area contributed by atoms with Gasteiger partial charge in [0.05, 0.1) is 7.11 Å². The molecule has 0 radical (unpaired) electrons. The Kier molecular flexibility index (Phi) is 5.79. The summed E-state index contributed by atoms with van der Waals surface area (Å²) in [5.74, 6) is 0.0508. The summed E-state index contributed by atoms with van der Waals surface area (Å²) in [5.41, 5.74) is 0.845. The second-order valence-electron chi connectivity index (χ2n) is 5.00. The molecule has 0 saturated carbocycles. The second-order valence-corrected chi connectivity index (χ2v) is 5.00. The number of methoxy groups -OCH3 is 1. The van der Waals surface area contributed by atoms with Crippen LogP contribution in [0.2, 0.25) is 0 Å². The number of carbonyl (C=O) groups excluding carboxylic acids is 2. The molecular formula is C15H19N5O3. The molecule has 1 aromatic heterocycles. The molecule has 0 atom stereocenters. The van der Waals surface area contributed by atoms with Crippen molar-refractivity contribution in [3.8, 4) is 11.4 Å². The minimum absolute atomic E-state index is 0.00849. The Bertz CT molecular complexity index is 656. The van der Waals surface area contributed by atoms with E-state index >= 15 is 0 Å². The molecule has 1 aromatic carbocycles. The smallest absolute Gasteiger partial charge is 0.305 e. The fraction of sp³-hybridized carbons (Fsp3) is 0.400. The average molecular weight is 317 g/mol. The van der Waals surface area contributed by atoms with Crippen molar-refractivity contribution in [3.63, 3.8) is 0 Å². The van der Waals surface area contributed by atoms with Gasteiger partial charge in [-0.3, -0.25) is 9.59 Å². The van der Waals surface area contributed by atoms with Crippen LogP contribution in [-0.2, 0) is 20.9 Å². The largest absolute Gasteiger partial charge is 0.469 e. The third-order valence-electron chi connectivity index (χ3n) is 3.29. The quantitative estimate of drug-likeness (QED) is 0.700. The van der Waals surface area contributed by atoms with Gasteiger partial charge in [-0.05, 0) is 11.6 Å². The van der Waals surface area contributed by atoms with Crippen LogP contribution in [0.3, 0.4) is 0 Å². The zero-order chi connectivity index (χ0) is 16.7. The number of nitrogens with zero attached hydrogens (tertiary/aromatic N) is 5. The molecule has 1 amide bonds. The van der Waals surface area contributed by atoms with Gasteiger partial charge in [-0.2, -0.15) is 4.80 Å². The second kappa shape index (κ2) is 8.02. The lowest BCUT2D eigenvalue weighted by atomic mass is 10.2. The summed E-state index contributed by atoms with van der Waals surface area (Å²) in [6, 6.07) is 9.43. The van der Waals surface area contributed by atoms with Gasteiger partial charge in [0.2, 0.25) is 11.7 Å². The molecule has 0 saturated heterocycles. The number of likely N-dealkylation sites (N-methyl/N-ethyl adjacent to an activating group) is 1. The molecule has 122 valence electrons. The van der Waals surface area contributed by atoms with E-state index in [9.17, 15) is 9.59 Å². The van der Waals surface area contributed by atoms with Crippen LogP contribution in [0, 0.1) is 0 Å². The monoisotopic (exact) mass is 317 g/mol. The lowest BCUT2D eigenvalue weighted by Gasteiger charge is -2.15. The standard InChI is InChI=1S/C15H19N5O3/c1-19(10-6-9-14(22)23-2)13(21)11-20-17-15(16-18-20)12-7-4-3-5-8-12/h3-5,7-8H,6,9-11H2,1-2H3. The maximum absolute atomic E-state index is 12.1. The highest BCUT2D eigenvalue weighted by Gasteiger charge is 2.13. The Balaban J connectivity index is 1.85. The molecule has 23 heavy (non-hydrogen) atoms. The third-order valence-corrected chi connectivity index (χ3v) is 3.29. The van der Waals surface area contributed by atoms with E-state index in [1.54, 1.807) is 7.05 Å². The first kappa shape index (κ1) is 16.6. The number of aromatic nitrogens is 4. The molecule has 0 aliphatic rings. The minimum Gasteiger partial charge on any atom is -0.469 e. The van der Waals surface area contributed by atoms with Gasteiger partial charge in [0.1, 0.15) is 6.54 Å². The molecule has 0 unspecified atom stereocenters. The molecular weight excluding hydrogens is 298 g/mol. The van der Waals surface area contributed by atoms with Crippen molar-refractivity contribution in [1.29, 1.82) is 0 Å². The fourth-order valence-corrected chi connectivity index (χ4v) is 1.94. The van der Waals surface area contributed by atoms with Crippen molar-refractivity contribution in [3.05, 3.63) is 30.3 Å². The number of tetrazole rings is 1. The molecule has 0 N–H and O–H groups in total. The van der Waals surface area contributed by atoms with Crippen LogP contribution in [0.15, 0.2) is 30.3 Å². The third kappa shape index (κ3) is 4.87. The summed E-state index contributed by atoms with van der Waals surface area (Å²) in [7, 11) is 3.02. The first-order valence-corrected chi connectivity index (χ1v) is 7.24. The van der Waals surface area contributed by atoms with Gasteiger partial charge in [-0.25, -0.2) is 0 Å². The molecule has 0 aliphatic carbocycles. The first-order valence-electron chi connectivity index (χ1n) is 7.24. The van der Waals surface area contributed by atoms with Crippen LogP contribution >= 0.6 is 0 Å². The number of carbonyl (C=O) groups is 2. The molecule has 1 heterocycles. The topological polar surface area (TPSA) is 90.2 Å². The highest BCUT2D eigenvalue weighted by Crippen LogP contribution is 2.11. The average Bonchev–Trinajstić information content (AvgIpc) is 3.03. The summed E-state index contributed by atoms with van der Waals surface area (Å²) >= 11 is 0. The van der Waals surface area contributed by atoms with Crippen LogP contribution in [0.1, 0.15) is 12.8 Å². The normalized spacial score (nSPS) is 10.3. The van der Waals surface area contributed by atoms with Gasteiger partial charge < -0.3 is 9.64 Å². The van der Waals surface area contributed by atoms with Gasteiger partial charge >= 0.3 is 5.97 Å². The molecule has 8 heteroatoms. The van der Waals surface area contributed by atoms with E-state index in [-0.39, 0.29) is 24.8 Å². The molecule has 2 aromatic rings. The SMILES string of the molecule is COC(=O)CCCN(C)C(=O)Cn1nnc(-c2ccccc2)n1. The lowest BCUT2D eigenvalue weighted by molar-refractivity contribution is -0.141. The Morgan fingerprint density at radius 3 is 2.70 bits per heavy atom. The summed E-state index contributed by atoms with van der Waals surface area (Å²) < 4.78 is 4.56. The predicted octanol–water partition coefficient (Wildman–Crippen LogP) is 0.752. The van der Waals surface area contributed by atoms with E-state index < -0.39 is 0 Å². The van der Waals surface area contributed by atoms with Crippen LogP contribution < -0.4 is 0 Å². The summed E-state index contributed by atoms with van der Waals surface area (Å²) in [4.78, 5) is 25.9. The zero-order valence-corrected chi connectivity index (χ0v) is 13.2.